The zero-order chi connectivity index (χ0) is 12.0. The molecule has 0 aromatic carbocycles. The molecule has 1 rings (SSSR count). The Bertz CT molecular complexity index is 215. The lowest BCUT2D eigenvalue weighted by Crippen LogP contribution is -2.37. The number of hydrogen-bond acceptors (Lipinski definition) is 5. The second-order valence-corrected chi connectivity index (χ2v) is 4.74. The summed E-state index contributed by atoms with van der Waals surface area (Å²) >= 11 is 0. The SMILES string of the molecule is CC1CCC(N(C)CCC(=O)ONN)CC1. The summed E-state index contributed by atoms with van der Waals surface area (Å²) in [5, 5.41) is 0. The highest BCUT2D eigenvalue weighted by Gasteiger charge is 2.21. The Morgan fingerprint density at radius 3 is 2.62 bits per heavy atom. The van der Waals surface area contributed by atoms with Gasteiger partial charge < -0.3 is 9.74 Å². The highest BCUT2D eigenvalue weighted by atomic mass is 16.7. The molecule has 0 aromatic heterocycles. The van der Waals surface area contributed by atoms with Crippen LogP contribution < -0.4 is 11.4 Å². The maximum atomic E-state index is 11.1. The van der Waals surface area contributed by atoms with Crippen LogP contribution in [0.2, 0.25) is 0 Å². The molecule has 0 heterocycles. The zero-order valence-electron chi connectivity index (χ0n) is 10.2. The predicted molar refractivity (Wildman–Crippen MR) is 62.1 cm³/mol. The number of carbonyl (C=O) groups excluding carboxylic acids is 1. The van der Waals surface area contributed by atoms with Crippen LogP contribution in [0.1, 0.15) is 39.0 Å². The van der Waals surface area contributed by atoms with Crippen LogP contribution in [0, 0.1) is 5.92 Å². The van der Waals surface area contributed by atoms with Crippen molar-refractivity contribution in [1.29, 1.82) is 0 Å². The van der Waals surface area contributed by atoms with E-state index in [2.05, 4.69) is 23.7 Å². The summed E-state index contributed by atoms with van der Waals surface area (Å²) in [6.45, 7) is 3.04. The van der Waals surface area contributed by atoms with Gasteiger partial charge in [-0.2, -0.15) is 0 Å². The Morgan fingerprint density at radius 2 is 2.06 bits per heavy atom. The summed E-state index contributed by atoms with van der Waals surface area (Å²) in [7, 11) is 2.07. The number of hydrogen-bond donors (Lipinski definition) is 2. The molecule has 0 radical (unpaired) electrons. The molecule has 0 spiro atoms. The molecule has 1 fully saturated rings. The minimum absolute atomic E-state index is 0.307. The lowest BCUT2D eigenvalue weighted by atomic mass is 9.87. The third-order valence-corrected chi connectivity index (χ3v) is 3.45. The summed E-state index contributed by atoms with van der Waals surface area (Å²) in [5.41, 5.74) is 1.91. The summed E-state index contributed by atoms with van der Waals surface area (Å²) in [6, 6.07) is 0.620. The van der Waals surface area contributed by atoms with Gasteiger partial charge in [0.05, 0.1) is 6.42 Å². The van der Waals surface area contributed by atoms with E-state index in [9.17, 15) is 4.79 Å². The van der Waals surface area contributed by atoms with Crippen molar-refractivity contribution in [3.05, 3.63) is 0 Å². The molecule has 1 aliphatic carbocycles. The average molecular weight is 229 g/mol. The van der Waals surface area contributed by atoms with Crippen LogP contribution in [-0.4, -0.2) is 30.5 Å². The van der Waals surface area contributed by atoms with Gasteiger partial charge >= 0.3 is 5.97 Å². The normalized spacial score (nSPS) is 25.8. The number of carbonyl (C=O) groups is 1. The Hall–Kier alpha value is -0.650. The van der Waals surface area contributed by atoms with Gasteiger partial charge in [0.25, 0.3) is 0 Å². The lowest BCUT2D eigenvalue weighted by molar-refractivity contribution is -0.151. The van der Waals surface area contributed by atoms with Gasteiger partial charge in [0.1, 0.15) is 0 Å². The molecule has 5 heteroatoms. The molecule has 0 aromatic rings. The first-order chi connectivity index (χ1) is 7.63. The summed E-state index contributed by atoms with van der Waals surface area (Å²) in [4.78, 5) is 17.8. The second-order valence-electron chi connectivity index (χ2n) is 4.74. The first-order valence-electron chi connectivity index (χ1n) is 5.99. The van der Waals surface area contributed by atoms with Crippen LogP contribution in [0.25, 0.3) is 0 Å². The van der Waals surface area contributed by atoms with E-state index in [1.54, 1.807) is 0 Å². The van der Waals surface area contributed by atoms with Gasteiger partial charge in [0.2, 0.25) is 0 Å². The van der Waals surface area contributed by atoms with Crippen LogP contribution >= 0.6 is 0 Å². The number of nitrogens with two attached hydrogens (primary N) is 1. The van der Waals surface area contributed by atoms with E-state index in [4.69, 9.17) is 5.84 Å². The van der Waals surface area contributed by atoms with E-state index in [1.807, 2.05) is 5.59 Å². The maximum Gasteiger partial charge on any atom is 0.327 e. The Labute approximate surface area is 97.2 Å². The van der Waals surface area contributed by atoms with Crippen LogP contribution in [0.4, 0.5) is 0 Å². The first-order valence-corrected chi connectivity index (χ1v) is 5.99. The molecule has 0 bridgehead atoms. The van der Waals surface area contributed by atoms with Gasteiger partial charge in [-0.3, -0.25) is 4.79 Å². The molecular weight excluding hydrogens is 206 g/mol. The lowest BCUT2D eigenvalue weighted by Gasteiger charge is -2.33. The zero-order valence-corrected chi connectivity index (χ0v) is 10.2. The van der Waals surface area contributed by atoms with Crippen molar-refractivity contribution in [1.82, 2.24) is 10.5 Å². The number of nitrogens with zero attached hydrogens (tertiary/aromatic N) is 1. The molecule has 0 atom stereocenters. The quantitative estimate of drug-likeness (QED) is 0.539. The fourth-order valence-electron chi connectivity index (χ4n) is 2.25. The van der Waals surface area contributed by atoms with Crippen molar-refractivity contribution in [2.75, 3.05) is 13.6 Å². The largest absolute Gasteiger partial charge is 0.356 e. The summed E-state index contributed by atoms with van der Waals surface area (Å²) in [5.74, 6) is 5.44. The van der Waals surface area contributed by atoms with E-state index in [1.165, 1.54) is 25.7 Å². The summed E-state index contributed by atoms with van der Waals surface area (Å²) in [6.07, 6.45) is 5.45. The maximum absolute atomic E-state index is 11.1. The van der Waals surface area contributed by atoms with Gasteiger partial charge in [-0.1, -0.05) is 12.5 Å². The topological polar surface area (TPSA) is 67.6 Å². The molecule has 0 aliphatic heterocycles. The number of rotatable bonds is 5. The fraction of sp³-hybridized carbons (Fsp3) is 0.909. The molecule has 16 heavy (non-hydrogen) atoms. The summed E-state index contributed by atoms with van der Waals surface area (Å²) < 4.78 is 0. The third-order valence-electron chi connectivity index (χ3n) is 3.45. The van der Waals surface area contributed by atoms with E-state index >= 15 is 0 Å². The van der Waals surface area contributed by atoms with Crippen LogP contribution in [0.3, 0.4) is 0 Å². The average Bonchev–Trinajstić information content (AvgIpc) is 2.27. The molecule has 3 N–H and O–H groups in total. The number of nitrogens with one attached hydrogen (secondary N) is 1. The highest BCUT2D eigenvalue weighted by Crippen LogP contribution is 2.26. The Morgan fingerprint density at radius 1 is 1.44 bits per heavy atom. The fourth-order valence-corrected chi connectivity index (χ4v) is 2.25. The Balaban J connectivity index is 2.19. The molecule has 0 unspecified atom stereocenters. The van der Waals surface area contributed by atoms with Gasteiger partial charge in [-0.05, 0) is 38.6 Å². The van der Waals surface area contributed by atoms with Crippen molar-refractivity contribution in [2.24, 2.45) is 11.8 Å². The van der Waals surface area contributed by atoms with Crippen LogP contribution in [-0.2, 0) is 9.63 Å². The molecule has 94 valence electrons. The minimum Gasteiger partial charge on any atom is -0.356 e. The first kappa shape index (κ1) is 13.4. The van der Waals surface area contributed by atoms with Gasteiger partial charge in [0.15, 0.2) is 0 Å². The van der Waals surface area contributed by atoms with Crippen molar-refractivity contribution < 1.29 is 9.63 Å². The molecular formula is C11H23N3O2. The molecule has 0 saturated heterocycles. The van der Waals surface area contributed by atoms with Gasteiger partial charge in [-0.25, -0.2) is 5.84 Å². The van der Waals surface area contributed by atoms with E-state index < -0.39 is 0 Å². The molecule has 1 aliphatic rings. The highest BCUT2D eigenvalue weighted by molar-refractivity contribution is 5.69. The van der Waals surface area contributed by atoms with Crippen molar-refractivity contribution in [2.45, 2.75) is 45.1 Å². The van der Waals surface area contributed by atoms with Crippen molar-refractivity contribution >= 4 is 5.97 Å². The van der Waals surface area contributed by atoms with E-state index in [0.717, 1.165) is 12.5 Å². The van der Waals surface area contributed by atoms with Gasteiger partial charge in [0, 0.05) is 12.6 Å². The Kier molecular flexibility index (Phi) is 5.73. The second kappa shape index (κ2) is 6.83. The standard InChI is InChI=1S/C11H23N3O2/c1-9-3-5-10(6-4-9)14(2)8-7-11(15)16-13-12/h9-10,13H,3-8,12H2,1-2H3. The minimum atomic E-state index is -0.307. The smallest absolute Gasteiger partial charge is 0.327 e. The van der Waals surface area contributed by atoms with Crippen molar-refractivity contribution in [3.63, 3.8) is 0 Å². The van der Waals surface area contributed by atoms with Crippen LogP contribution in [0.15, 0.2) is 0 Å². The van der Waals surface area contributed by atoms with Crippen LogP contribution in [0.5, 0.6) is 0 Å². The van der Waals surface area contributed by atoms with Crippen molar-refractivity contribution in [3.8, 4) is 0 Å². The third kappa shape index (κ3) is 4.47. The van der Waals surface area contributed by atoms with E-state index in [0.29, 0.717) is 12.5 Å². The van der Waals surface area contributed by atoms with Gasteiger partial charge in [-0.15, -0.1) is 0 Å². The van der Waals surface area contributed by atoms with E-state index in [-0.39, 0.29) is 5.97 Å². The predicted octanol–water partition coefficient (Wildman–Crippen LogP) is 0.809. The number of hydrazine groups is 1. The molecule has 1 saturated carbocycles. The molecule has 0 amide bonds. The molecule has 5 nitrogen and oxygen atoms in total. The monoisotopic (exact) mass is 229 g/mol.